The van der Waals surface area contributed by atoms with Gasteiger partial charge in [-0.1, -0.05) is 13.0 Å². The molecule has 0 unspecified atom stereocenters. The number of hydrogen-bond donors (Lipinski definition) is 0. The van der Waals surface area contributed by atoms with Crippen LogP contribution in [0.4, 0.5) is 0 Å². The van der Waals surface area contributed by atoms with Gasteiger partial charge in [0.1, 0.15) is 0 Å². The number of ether oxygens (including phenoxy) is 3. The maximum Gasteiger partial charge on any atom is 0.308 e. The molecule has 112 valence electrons. The first-order valence-corrected chi connectivity index (χ1v) is 7.17. The van der Waals surface area contributed by atoms with Crippen molar-refractivity contribution >= 4 is 5.97 Å². The van der Waals surface area contributed by atoms with Crippen LogP contribution in [0.2, 0.25) is 0 Å². The second-order valence-corrected chi connectivity index (χ2v) is 4.50. The molecule has 4 heteroatoms. The van der Waals surface area contributed by atoms with Gasteiger partial charge in [0.15, 0.2) is 11.5 Å². The lowest BCUT2D eigenvalue weighted by Gasteiger charge is -2.14. The highest BCUT2D eigenvalue weighted by Gasteiger charge is 2.16. The zero-order valence-electron chi connectivity index (χ0n) is 12.8. The summed E-state index contributed by atoms with van der Waals surface area (Å²) >= 11 is 0. The third-order valence-electron chi connectivity index (χ3n) is 2.84. The largest absolute Gasteiger partial charge is 0.490 e. The molecule has 0 aliphatic heterocycles. The van der Waals surface area contributed by atoms with Gasteiger partial charge in [0, 0.05) is 0 Å². The van der Waals surface area contributed by atoms with E-state index in [2.05, 4.69) is 0 Å². The Morgan fingerprint density at radius 1 is 1.05 bits per heavy atom. The molecule has 0 aliphatic rings. The molecule has 0 aliphatic carbocycles. The molecule has 0 radical (unpaired) electrons. The van der Waals surface area contributed by atoms with Gasteiger partial charge in [0.05, 0.1) is 25.7 Å². The van der Waals surface area contributed by atoms with Crippen LogP contribution in [0, 0.1) is 5.92 Å². The fraction of sp³-hybridized carbons (Fsp3) is 0.562. The van der Waals surface area contributed by atoms with Crippen LogP contribution in [-0.4, -0.2) is 25.8 Å². The highest BCUT2D eigenvalue weighted by Crippen LogP contribution is 2.29. The summed E-state index contributed by atoms with van der Waals surface area (Å²) in [5.74, 6) is 1.13. The second-order valence-electron chi connectivity index (χ2n) is 4.50. The van der Waals surface area contributed by atoms with Crippen molar-refractivity contribution in [1.29, 1.82) is 0 Å². The van der Waals surface area contributed by atoms with Gasteiger partial charge in [0.25, 0.3) is 0 Å². The smallest absolute Gasteiger partial charge is 0.308 e. The van der Waals surface area contributed by atoms with Crippen LogP contribution in [0.25, 0.3) is 0 Å². The Kier molecular flexibility index (Phi) is 6.91. The minimum absolute atomic E-state index is 0.164. The van der Waals surface area contributed by atoms with E-state index in [0.717, 1.165) is 17.1 Å². The quantitative estimate of drug-likeness (QED) is 0.686. The number of hydrogen-bond acceptors (Lipinski definition) is 4. The van der Waals surface area contributed by atoms with E-state index in [4.69, 9.17) is 14.2 Å². The Hall–Kier alpha value is -1.71. The predicted molar refractivity (Wildman–Crippen MR) is 78.3 cm³/mol. The summed E-state index contributed by atoms with van der Waals surface area (Å²) in [4.78, 5) is 11.6. The molecular weight excluding hydrogens is 256 g/mol. The van der Waals surface area contributed by atoms with E-state index in [1.807, 2.05) is 45.9 Å². The highest BCUT2D eigenvalue weighted by atomic mass is 16.5. The van der Waals surface area contributed by atoms with E-state index in [-0.39, 0.29) is 11.9 Å². The summed E-state index contributed by atoms with van der Waals surface area (Å²) in [5.41, 5.74) is 1.04. The minimum Gasteiger partial charge on any atom is -0.490 e. The molecule has 0 saturated heterocycles. The third-order valence-corrected chi connectivity index (χ3v) is 2.84. The molecule has 4 nitrogen and oxygen atoms in total. The average Bonchev–Trinajstić information content (AvgIpc) is 2.42. The van der Waals surface area contributed by atoms with Crippen LogP contribution < -0.4 is 9.47 Å². The topological polar surface area (TPSA) is 44.8 Å². The van der Waals surface area contributed by atoms with Crippen molar-refractivity contribution in [1.82, 2.24) is 0 Å². The van der Waals surface area contributed by atoms with Crippen LogP contribution in [0.15, 0.2) is 18.2 Å². The Labute approximate surface area is 121 Å². The molecule has 0 bridgehead atoms. The molecule has 0 spiro atoms. The van der Waals surface area contributed by atoms with Crippen LogP contribution in [0.3, 0.4) is 0 Å². The Morgan fingerprint density at radius 2 is 1.70 bits per heavy atom. The third kappa shape index (κ3) is 4.76. The van der Waals surface area contributed by atoms with Gasteiger partial charge in [-0.2, -0.15) is 0 Å². The number of benzene rings is 1. The van der Waals surface area contributed by atoms with Gasteiger partial charge in [0.2, 0.25) is 0 Å². The van der Waals surface area contributed by atoms with Gasteiger partial charge >= 0.3 is 5.97 Å². The maximum atomic E-state index is 11.6. The molecule has 0 saturated carbocycles. The van der Waals surface area contributed by atoms with Crippen LogP contribution in [0.5, 0.6) is 11.5 Å². The number of carbonyl (C=O) groups is 1. The zero-order valence-corrected chi connectivity index (χ0v) is 12.8. The minimum atomic E-state index is -0.167. The van der Waals surface area contributed by atoms with Crippen LogP contribution >= 0.6 is 0 Å². The highest BCUT2D eigenvalue weighted by molar-refractivity contribution is 5.72. The molecule has 0 aromatic heterocycles. The Balaban J connectivity index is 2.80. The van der Waals surface area contributed by atoms with Crippen molar-refractivity contribution in [2.24, 2.45) is 5.92 Å². The molecule has 1 atom stereocenters. The van der Waals surface area contributed by atoms with E-state index in [9.17, 15) is 4.79 Å². The van der Waals surface area contributed by atoms with Crippen molar-refractivity contribution < 1.29 is 19.0 Å². The standard InChI is InChI=1S/C16H24O4/c1-5-18-14-9-8-13(11-15(14)19-6-2)10-12(4)16(17)20-7-3/h8-9,11-12H,5-7,10H2,1-4H3/t12-/m1/s1. The lowest BCUT2D eigenvalue weighted by molar-refractivity contribution is -0.147. The van der Waals surface area contributed by atoms with Crippen molar-refractivity contribution in [3.63, 3.8) is 0 Å². The molecule has 0 fully saturated rings. The van der Waals surface area contributed by atoms with Crippen molar-refractivity contribution in [2.45, 2.75) is 34.1 Å². The van der Waals surface area contributed by atoms with Gasteiger partial charge in [-0.25, -0.2) is 0 Å². The first-order chi connectivity index (χ1) is 9.62. The molecule has 0 N–H and O–H groups in total. The summed E-state index contributed by atoms with van der Waals surface area (Å²) in [6, 6.07) is 5.79. The van der Waals surface area contributed by atoms with Crippen molar-refractivity contribution in [3.05, 3.63) is 23.8 Å². The van der Waals surface area contributed by atoms with Gasteiger partial charge in [-0.3, -0.25) is 4.79 Å². The van der Waals surface area contributed by atoms with Gasteiger partial charge < -0.3 is 14.2 Å². The predicted octanol–water partition coefficient (Wildman–Crippen LogP) is 3.23. The second kappa shape index (κ2) is 8.46. The lowest BCUT2D eigenvalue weighted by Crippen LogP contribution is -2.17. The SMILES string of the molecule is CCOC(=O)[C@H](C)Cc1ccc(OCC)c(OCC)c1. The van der Waals surface area contributed by atoms with E-state index in [1.54, 1.807) is 0 Å². The summed E-state index contributed by atoms with van der Waals surface area (Å²) in [5, 5.41) is 0. The van der Waals surface area contributed by atoms with Crippen LogP contribution in [-0.2, 0) is 16.0 Å². The molecule has 1 aromatic carbocycles. The number of rotatable bonds is 8. The van der Waals surface area contributed by atoms with Gasteiger partial charge in [-0.15, -0.1) is 0 Å². The summed E-state index contributed by atoms with van der Waals surface area (Å²) in [6.45, 7) is 9.14. The van der Waals surface area contributed by atoms with Crippen molar-refractivity contribution in [3.8, 4) is 11.5 Å². The number of carbonyl (C=O) groups excluding carboxylic acids is 1. The maximum absolute atomic E-state index is 11.6. The van der Waals surface area contributed by atoms with E-state index < -0.39 is 0 Å². The Bertz CT molecular complexity index is 428. The molecular formula is C16H24O4. The van der Waals surface area contributed by atoms with Crippen molar-refractivity contribution in [2.75, 3.05) is 19.8 Å². The first kappa shape index (κ1) is 16.3. The number of esters is 1. The summed E-state index contributed by atoms with van der Waals surface area (Å²) in [6.07, 6.45) is 0.630. The first-order valence-electron chi connectivity index (χ1n) is 7.17. The summed E-state index contributed by atoms with van der Waals surface area (Å²) in [7, 11) is 0. The summed E-state index contributed by atoms with van der Waals surface area (Å²) < 4.78 is 16.1. The zero-order chi connectivity index (χ0) is 15.0. The van der Waals surface area contributed by atoms with E-state index in [0.29, 0.717) is 26.2 Å². The normalized spacial score (nSPS) is 11.8. The van der Waals surface area contributed by atoms with Crippen LogP contribution in [0.1, 0.15) is 33.3 Å². The van der Waals surface area contributed by atoms with Gasteiger partial charge in [-0.05, 0) is 44.9 Å². The molecule has 1 aromatic rings. The fourth-order valence-corrected chi connectivity index (χ4v) is 1.94. The molecule has 20 heavy (non-hydrogen) atoms. The fourth-order valence-electron chi connectivity index (χ4n) is 1.94. The monoisotopic (exact) mass is 280 g/mol. The average molecular weight is 280 g/mol. The van der Waals surface area contributed by atoms with E-state index in [1.165, 1.54) is 0 Å². The Morgan fingerprint density at radius 3 is 2.30 bits per heavy atom. The lowest BCUT2D eigenvalue weighted by atomic mass is 10.0. The molecule has 0 heterocycles. The van der Waals surface area contributed by atoms with E-state index >= 15 is 0 Å². The molecule has 0 amide bonds. The molecule has 1 rings (SSSR count).